The van der Waals surface area contributed by atoms with Gasteiger partial charge >= 0.3 is 0 Å². The van der Waals surface area contributed by atoms with Gasteiger partial charge < -0.3 is 17.2 Å². The summed E-state index contributed by atoms with van der Waals surface area (Å²) >= 11 is 0. The van der Waals surface area contributed by atoms with Crippen LogP contribution < -0.4 is 17.2 Å². The van der Waals surface area contributed by atoms with Crippen molar-refractivity contribution in [2.45, 2.75) is 20.3 Å². The SMILES string of the molecule is Cc1ccc(CCN=C(N)N=C(N)N)cc1C.Cl. The monoisotopic (exact) mass is 269 g/mol. The first-order valence-electron chi connectivity index (χ1n) is 5.44. The van der Waals surface area contributed by atoms with Crippen molar-refractivity contribution < 1.29 is 0 Å². The lowest BCUT2D eigenvalue weighted by atomic mass is 10.0. The number of guanidine groups is 2. The number of rotatable bonds is 3. The summed E-state index contributed by atoms with van der Waals surface area (Å²) in [7, 11) is 0. The molecule has 0 saturated carbocycles. The molecule has 0 radical (unpaired) electrons. The topological polar surface area (TPSA) is 103 Å². The van der Waals surface area contributed by atoms with Crippen molar-refractivity contribution >= 4 is 24.3 Å². The first-order valence-corrected chi connectivity index (χ1v) is 5.44. The van der Waals surface area contributed by atoms with Crippen molar-refractivity contribution in [2.75, 3.05) is 6.54 Å². The average molecular weight is 270 g/mol. The molecule has 0 bridgehead atoms. The number of halogens is 1. The Balaban J connectivity index is 0.00000289. The normalized spacial score (nSPS) is 10.7. The van der Waals surface area contributed by atoms with E-state index in [2.05, 4.69) is 42.0 Å². The lowest BCUT2D eigenvalue weighted by Gasteiger charge is -2.03. The quantitative estimate of drug-likeness (QED) is 0.560. The molecule has 0 saturated heterocycles. The van der Waals surface area contributed by atoms with Crippen LogP contribution in [0.5, 0.6) is 0 Å². The van der Waals surface area contributed by atoms with Crippen molar-refractivity contribution in [3.05, 3.63) is 34.9 Å². The van der Waals surface area contributed by atoms with Crippen LogP contribution in [-0.4, -0.2) is 18.5 Å². The van der Waals surface area contributed by atoms with E-state index in [1.165, 1.54) is 16.7 Å². The molecule has 1 aromatic rings. The average Bonchev–Trinajstić information content (AvgIpc) is 2.22. The summed E-state index contributed by atoms with van der Waals surface area (Å²) < 4.78 is 0. The maximum absolute atomic E-state index is 5.50. The van der Waals surface area contributed by atoms with Crippen LogP contribution in [-0.2, 0) is 6.42 Å². The number of aliphatic imine (C=N–C) groups is 2. The van der Waals surface area contributed by atoms with Gasteiger partial charge in [-0.15, -0.1) is 12.4 Å². The third kappa shape index (κ3) is 5.54. The molecule has 6 N–H and O–H groups in total. The minimum Gasteiger partial charge on any atom is -0.370 e. The summed E-state index contributed by atoms with van der Waals surface area (Å²) in [4.78, 5) is 7.70. The van der Waals surface area contributed by atoms with Gasteiger partial charge in [0, 0.05) is 6.54 Å². The Bertz CT molecular complexity index is 450. The minimum absolute atomic E-state index is 0. The van der Waals surface area contributed by atoms with Gasteiger partial charge in [0.15, 0.2) is 5.96 Å². The predicted octanol–water partition coefficient (Wildman–Crippen LogP) is 0.856. The molecule has 0 unspecified atom stereocenters. The van der Waals surface area contributed by atoms with Gasteiger partial charge in [-0.25, -0.2) is 0 Å². The third-order valence-electron chi connectivity index (χ3n) is 2.49. The van der Waals surface area contributed by atoms with Crippen LogP contribution in [0.4, 0.5) is 0 Å². The highest BCUT2D eigenvalue weighted by Gasteiger charge is 1.96. The summed E-state index contributed by atoms with van der Waals surface area (Å²) in [5, 5.41) is 0. The van der Waals surface area contributed by atoms with E-state index in [0.717, 1.165) is 6.42 Å². The molecule has 1 rings (SSSR count). The Labute approximate surface area is 114 Å². The largest absolute Gasteiger partial charge is 0.370 e. The van der Waals surface area contributed by atoms with Gasteiger partial charge in [0.1, 0.15) is 0 Å². The highest BCUT2D eigenvalue weighted by Crippen LogP contribution is 2.10. The molecular weight excluding hydrogens is 250 g/mol. The van der Waals surface area contributed by atoms with Crippen LogP contribution in [0.3, 0.4) is 0 Å². The van der Waals surface area contributed by atoms with E-state index in [0.29, 0.717) is 6.54 Å². The van der Waals surface area contributed by atoms with Crippen molar-refractivity contribution in [3.8, 4) is 0 Å². The van der Waals surface area contributed by atoms with E-state index >= 15 is 0 Å². The van der Waals surface area contributed by atoms with Crippen molar-refractivity contribution in [3.63, 3.8) is 0 Å². The number of aryl methyl sites for hydroxylation is 2. The third-order valence-corrected chi connectivity index (χ3v) is 2.49. The lowest BCUT2D eigenvalue weighted by molar-refractivity contribution is 0.958. The van der Waals surface area contributed by atoms with E-state index < -0.39 is 0 Å². The lowest BCUT2D eigenvalue weighted by Crippen LogP contribution is -2.26. The first-order chi connectivity index (χ1) is 7.99. The van der Waals surface area contributed by atoms with Crippen LogP contribution in [0.25, 0.3) is 0 Å². The number of hydrogen-bond acceptors (Lipinski definition) is 1. The zero-order valence-corrected chi connectivity index (χ0v) is 11.5. The number of hydrogen-bond donors (Lipinski definition) is 3. The molecule has 1 aromatic carbocycles. The molecule has 0 fully saturated rings. The fourth-order valence-electron chi connectivity index (χ4n) is 1.43. The summed E-state index contributed by atoms with van der Waals surface area (Å²) in [6, 6.07) is 6.35. The Kier molecular flexibility index (Phi) is 6.82. The van der Waals surface area contributed by atoms with Crippen LogP contribution in [0.2, 0.25) is 0 Å². The molecule has 0 aliphatic rings. The van der Waals surface area contributed by atoms with Gasteiger partial charge in [-0.3, -0.25) is 4.99 Å². The molecule has 0 aromatic heterocycles. The van der Waals surface area contributed by atoms with E-state index in [-0.39, 0.29) is 24.3 Å². The Hall–Kier alpha value is -1.75. The van der Waals surface area contributed by atoms with Gasteiger partial charge in [0.25, 0.3) is 0 Å². The molecule has 5 nitrogen and oxygen atoms in total. The maximum Gasteiger partial charge on any atom is 0.218 e. The Morgan fingerprint density at radius 3 is 2.33 bits per heavy atom. The number of nitrogens with two attached hydrogens (primary N) is 3. The molecule has 100 valence electrons. The maximum atomic E-state index is 5.50. The van der Waals surface area contributed by atoms with Crippen molar-refractivity contribution in [1.82, 2.24) is 0 Å². The van der Waals surface area contributed by atoms with Crippen molar-refractivity contribution in [2.24, 2.45) is 27.2 Å². The van der Waals surface area contributed by atoms with Crippen LogP contribution >= 0.6 is 12.4 Å². The highest BCUT2D eigenvalue weighted by atomic mass is 35.5. The second-order valence-corrected chi connectivity index (χ2v) is 3.95. The summed E-state index contributed by atoms with van der Waals surface area (Å²) in [5.74, 6) is 0.0475. The summed E-state index contributed by atoms with van der Waals surface area (Å²) in [5.41, 5.74) is 19.7. The second-order valence-electron chi connectivity index (χ2n) is 3.95. The van der Waals surface area contributed by atoms with Crippen LogP contribution in [0.1, 0.15) is 16.7 Å². The molecule has 0 atom stereocenters. The molecule has 0 aliphatic heterocycles. The van der Waals surface area contributed by atoms with E-state index in [4.69, 9.17) is 17.2 Å². The Morgan fingerprint density at radius 2 is 1.78 bits per heavy atom. The summed E-state index contributed by atoms with van der Waals surface area (Å²) in [6.45, 7) is 4.76. The van der Waals surface area contributed by atoms with Gasteiger partial charge in [0.2, 0.25) is 5.96 Å². The fourth-order valence-corrected chi connectivity index (χ4v) is 1.43. The smallest absolute Gasteiger partial charge is 0.218 e. The van der Waals surface area contributed by atoms with Crippen LogP contribution in [0, 0.1) is 13.8 Å². The van der Waals surface area contributed by atoms with Gasteiger partial charge in [-0.2, -0.15) is 4.99 Å². The standard InChI is InChI=1S/C12H19N5.ClH/c1-8-3-4-10(7-9(8)2)5-6-16-12(15)17-11(13)14;/h3-4,7H,5-6H2,1-2H3,(H6,13,14,15,16,17);1H. The van der Waals surface area contributed by atoms with Gasteiger partial charge in [0.05, 0.1) is 0 Å². The highest BCUT2D eigenvalue weighted by molar-refractivity contribution is 5.92. The molecule has 0 aliphatic carbocycles. The minimum atomic E-state index is -0.0718. The molecule has 6 heteroatoms. The predicted molar refractivity (Wildman–Crippen MR) is 79.2 cm³/mol. The zero-order chi connectivity index (χ0) is 12.8. The van der Waals surface area contributed by atoms with E-state index in [9.17, 15) is 0 Å². The molecule has 0 spiro atoms. The molecule has 18 heavy (non-hydrogen) atoms. The fraction of sp³-hybridized carbons (Fsp3) is 0.333. The number of nitrogens with zero attached hydrogens (tertiary/aromatic N) is 2. The van der Waals surface area contributed by atoms with Gasteiger partial charge in [-0.1, -0.05) is 18.2 Å². The first kappa shape index (κ1) is 16.2. The number of benzene rings is 1. The van der Waals surface area contributed by atoms with E-state index in [1.807, 2.05) is 0 Å². The molecule has 0 heterocycles. The second kappa shape index (κ2) is 7.55. The van der Waals surface area contributed by atoms with Crippen molar-refractivity contribution in [1.29, 1.82) is 0 Å². The van der Waals surface area contributed by atoms with Gasteiger partial charge in [-0.05, 0) is 37.0 Å². The molecule has 0 amide bonds. The van der Waals surface area contributed by atoms with E-state index in [1.54, 1.807) is 0 Å². The molecular formula is C12H20ClN5. The van der Waals surface area contributed by atoms with Crippen LogP contribution in [0.15, 0.2) is 28.2 Å². The zero-order valence-electron chi connectivity index (χ0n) is 10.7. The summed E-state index contributed by atoms with van der Waals surface area (Å²) in [6.07, 6.45) is 0.821. The Morgan fingerprint density at radius 1 is 1.11 bits per heavy atom.